The number of ether oxygens (including phenoxy) is 1. The van der Waals surface area contributed by atoms with Crippen LogP contribution in [0.2, 0.25) is 0 Å². The second-order valence-corrected chi connectivity index (χ2v) is 4.82. The number of anilines is 1. The number of aromatic nitrogens is 1. The van der Waals surface area contributed by atoms with Crippen LogP contribution in [-0.2, 0) is 4.74 Å². The summed E-state index contributed by atoms with van der Waals surface area (Å²) in [6.45, 7) is 5.96. The molecular formula is C10H16N2O2S. The molecule has 0 aliphatic carbocycles. The van der Waals surface area contributed by atoms with Gasteiger partial charge in [-0.05, 0) is 20.3 Å². The van der Waals surface area contributed by atoms with Crippen LogP contribution >= 0.6 is 11.3 Å². The van der Waals surface area contributed by atoms with E-state index >= 15 is 0 Å². The van der Waals surface area contributed by atoms with Gasteiger partial charge in [0.15, 0.2) is 5.13 Å². The van der Waals surface area contributed by atoms with Crippen molar-refractivity contribution >= 4 is 16.5 Å². The van der Waals surface area contributed by atoms with Gasteiger partial charge in [-0.3, -0.25) is 0 Å². The van der Waals surface area contributed by atoms with Crippen LogP contribution in [0, 0.1) is 0 Å². The summed E-state index contributed by atoms with van der Waals surface area (Å²) in [6.07, 6.45) is 1.53. The molecule has 2 atom stereocenters. The summed E-state index contributed by atoms with van der Waals surface area (Å²) in [7, 11) is 0. The summed E-state index contributed by atoms with van der Waals surface area (Å²) in [5.41, 5.74) is 0. The van der Waals surface area contributed by atoms with Crippen LogP contribution in [-0.4, -0.2) is 35.4 Å². The molecule has 1 aromatic heterocycles. The molecule has 1 aliphatic heterocycles. The van der Waals surface area contributed by atoms with Crippen LogP contribution in [0.3, 0.4) is 0 Å². The molecule has 0 saturated carbocycles. The van der Waals surface area contributed by atoms with Crippen LogP contribution in [0.5, 0.6) is 5.88 Å². The van der Waals surface area contributed by atoms with Crippen molar-refractivity contribution in [2.75, 3.05) is 18.0 Å². The molecule has 1 aromatic rings. The van der Waals surface area contributed by atoms with Crippen molar-refractivity contribution in [1.29, 1.82) is 0 Å². The third-order valence-corrected chi connectivity index (χ3v) is 3.39. The summed E-state index contributed by atoms with van der Waals surface area (Å²) in [5, 5.41) is 11.8. The summed E-state index contributed by atoms with van der Waals surface area (Å²) >= 11 is 1.48. The highest BCUT2D eigenvalue weighted by atomic mass is 32.1. The van der Waals surface area contributed by atoms with E-state index in [9.17, 15) is 5.11 Å². The lowest BCUT2D eigenvalue weighted by molar-refractivity contribution is 0.0211. The molecule has 1 aliphatic rings. The molecule has 1 N–H and O–H groups in total. The zero-order chi connectivity index (χ0) is 10.8. The van der Waals surface area contributed by atoms with Crippen molar-refractivity contribution in [3.05, 3.63) is 5.38 Å². The maximum absolute atomic E-state index is 9.21. The van der Waals surface area contributed by atoms with Crippen LogP contribution in [0.1, 0.15) is 20.3 Å². The van der Waals surface area contributed by atoms with Crippen molar-refractivity contribution in [3.63, 3.8) is 0 Å². The fraction of sp³-hybridized carbons (Fsp3) is 0.700. The molecule has 1 saturated heterocycles. The summed E-state index contributed by atoms with van der Waals surface area (Å²) in [5.74, 6) is 0.112. The van der Waals surface area contributed by atoms with E-state index in [1.165, 1.54) is 11.3 Å². The Kier molecular flexibility index (Phi) is 3.11. The van der Waals surface area contributed by atoms with E-state index in [0.29, 0.717) is 6.10 Å². The van der Waals surface area contributed by atoms with Crippen molar-refractivity contribution in [2.24, 2.45) is 0 Å². The molecule has 2 heterocycles. The number of hydrogen-bond donors (Lipinski definition) is 1. The summed E-state index contributed by atoms with van der Waals surface area (Å²) in [4.78, 5) is 6.26. The Morgan fingerprint density at radius 1 is 1.53 bits per heavy atom. The maximum Gasteiger partial charge on any atom is 0.223 e. The topological polar surface area (TPSA) is 45.6 Å². The van der Waals surface area contributed by atoms with Gasteiger partial charge in [0.2, 0.25) is 5.88 Å². The van der Waals surface area contributed by atoms with Crippen LogP contribution in [0.25, 0.3) is 0 Å². The number of rotatable bonds is 1. The minimum atomic E-state index is 0.112. The Bertz CT molecular complexity index is 329. The quantitative estimate of drug-likeness (QED) is 0.797. The standard InChI is InChI=1S/C10H16N2O2S/c1-7-3-4-12(5-8(2)14-7)10-11-9(13)6-15-10/h6-8,13H,3-5H2,1-2H3. The fourth-order valence-electron chi connectivity index (χ4n) is 1.82. The highest BCUT2D eigenvalue weighted by Crippen LogP contribution is 2.26. The smallest absolute Gasteiger partial charge is 0.223 e. The van der Waals surface area contributed by atoms with Gasteiger partial charge in [-0.15, -0.1) is 11.3 Å². The van der Waals surface area contributed by atoms with E-state index in [1.54, 1.807) is 5.38 Å². The predicted octanol–water partition coefficient (Wildman–Crippen LogP) is 1.85. The van der Waals surface area contributed by atoms with Crippen molar-refractivity contribution in [1.82, 2.24) is 4.98 Å². The Hall–Kier alpha value is -0.810. The molecule has 4 nitrogen and oxygen atoms in total. The fourth-order valence-corrected chi connectivity index (χ4v) is 2.55. The van der Waals surface area contributed by atoms with E-state index in [2.05, 4.69) is 23.7 Å². The van der Waals surface area contributed by atoms with Crippen molar-refractivity contribution in [3.8, 4) is 5.88 Å². The van der Waals surface area contributed by atoms with Gasteiger partial charge < -0.3 is 14.7 Å². The lowest BCUT2D eigenvalue weighted by Gasteiger charge is -2.20. The molecule has 0 radical (unpaired) electrons. The van der Waals surface area contributed by atoms with Gasteiger partial charge in [-0.25, -0.2) is 0 Å². The molecule has 84 valence electrons. The average molecular weight is 228 g/mol. The average Bonchev–Trinajstić information content (AvgIpc) is 2.51. The van der Waals surface area contributed by atoms with Crippen LogP contribution in [0.15, 0.2) is 5.38 Å². The van der Waals surface area contributed by atoms with Gasteiger partial charge in [0.1, 0.15) is 0 Å². The molecule has 0 aromatic carbocycles. The lowest BCUT2D eigenvalue weighted by atomic mass is 10.3. The molecule has 0 amide bonds. The first kappa shape index (κ1) is 10.7. The first-order chi connectivity index (χ1) is 7.15. The van der Waals surface area contributed by atoms with Gasteiger partial charge in [-0.1, -0.05) is 0 Å². The van der Waals surface area contributed by atoms with Crippen LogP contribution < -0.4 is 4.90 Å². The Morgan fingerprint density at radius 2 is 2.33 bits per heavy atom. The van der Waals surface area contributed by atoms with Gasteiger partial charge in [0.25, 0.3) is 0 Å². The number of aromatic hydroxyl groups is 1. The Balaban J connectivity index is 2.09. The molecule has 15 heavy (non-hydrogen) atoms. The highest BCUT2D eigenvalue weighted by Gasteiger charge is 2.21. The van der Waals surface area contributed by atoms with E-state index in [-0.39, 0.29) is 12.0 Å². The summed E-state index contributed by atoms with van der Waals surface area (Å²) < 4.78 is 5.74. The minimum absolute atomic E-state index is 0.112. The van der Waals surface area contributed by atoms with Gasteiger partial charge in [0, 0.05) is 13.1 Å². The highest BCUT2D eigenvalue weighted by molar-refractivity contribution is 7.13. The maximum atomic E-state index is 9.21. The predicted molar refractivity (Wildman–Crippen MR) is 60.6 cm³/mol. The second kappa shape index (κ2) is 4.37. The molecule has 0 spiro atoms. The zero-order valence-corrected chi connectivity index (χ0v) is 9.83. The normalized spacial score (nSPS) is 27.7. The first-order valence-corrected chi connectivity index (χ1v) is 6.08. The van der Waals surface area contributed by atoms with E-state index in [1.807, 2.05) is 0 Å². The van der Waals surface area contributed by atoms with Crippen LogP contribution in [0.4, 0.5) is 5.13 Å². The Labute approximate surface area is 93.5 Å². The monoisotopic (exact) mass is 228 g/mol. The zero-order valence-electron chi connectivity index (χ0n) is 9.01. The second-order valence-electron chi connectivity index (χ2n) is 3.98. The molecule has 0 bridgehead atoms. The molecular weight excluding hydrogens is 212 g/mol. The molecule has 2 unspecified atom stereocenters. The number of nitrogens with zero attached hydrogens (tertiary/aromatic N) is 2. The first-order valence-electron chi connectivity index (χ1n) is 5.20. The number of hydrogen-bond acceptors (Lipinski definition) is 5. The SMILES string of the molecule is CC1CCN(c2nc(O)cs2)CC(C)O1. The third kappa shape index (κ3) is 2.60. The molecule has 2 rings (SSSR count). The third-order valence-electron chi connectivity index (χ3n) is 2.50. The van der Waals surface area contributed by atoms with Gasteiger partial charge in [-0.2, -0.15) is 4.98 Å². The Morgan fingerprint density at radius 3 is 3.00 bits per heavy atom. The lowest BCUT2D eigenvalue weighted by Crippen LogP contribution is -2.29. The largest absolute Gasteiger partial charge is 0.493 e. The molecule has 1 fully saturated rings. The van der Waals surface area contributed by atoms with Crippen molar-refractivity contribution < 1.29 is 9.84 Å². The van der Waals surface area contributed by atoms with Crippen molar-refractivity contribution in [2.45, 2.75) is 32.5 Å². The van der Waals surface area contributed by atoms with E-state index < -0.39 is 0 Å². The summed E-state index contributed by atoms with van der Waals surface area (Å²) in [6, 6.07) is 0. The van der Waals surface area contributed by atoms with E-state index in [0.717, 1.165) is 24.6 Å². The number of thiazole rings is 1. The van der Waals surface area contributed by atoms with E-state index in [4.69, 9.17) is 4.74 Å². The minimum Gasteiger partial charge on any atom is -0.493 e. The van der Waals surface area contributed by atoms with Gasteiger partial charge in [0.05, 0.1) is 17.6 Å². The molecule has 5 heteroatoms. The van der Waals surface area contributed by atoms with Gasteiger partial charge >= 0.3 is 0 Å².